The average molecular weight is 345 g/mol. The molecule has 2 heterocycles. The second kappa shape index (κ2) is 8.30. The van der Waals surface area contributed by atoms with Crippen LogP contribution in [-0.4, -0.2) is 50.2 Å². The highest BCUT2D eigenvalue weighted by Crippen LogP contribution is 2.30. The molecule has 0 bridgehead atoms. The van der Waals surface area contributed by atoms with E-state index in [0.717, 1.165) is 13.1 Å². The molecule has 5 heteroatoms. The van der Waals surface area contributed by atoms with E-state index in [1.54, 1.807) is 0 Å². The summed E-state index contributed by atoms with van der Waals surface area (Å²) in [6, 6.07) is 8.93. The van der Waals surface area contributed by atoms with E-state index in [-0.39, 0.29) is 11.9 Å². The van der Waals surface area contributed by atoms with Crippen LogP contribution < -0.4 is 11.1 Å². The molecule has 2 aliphatic rings. The second-order valence-electron chi connectivity index (χ2n) is 7.48. The lowest BCUT2D eigenvalue weighted by Gasteiger charge is -2.36. The predicted octanol–water partition coefficient (Wildman–Crippen LogP) is 2.00. The Kier molecular flexibility index (Phi) is 6.10. The van der Waals surface area contributed by atoms with Crippen molar-refractivity contribution in [2.75, 3.05) is 39.4 Å². The summed E-state index contributed by atoms with van der Waals surface area (Å²) in [4.78, 5) is 15.4. The standard InChI is InChI=1S/C20H31N3O2/c1-16-4-6-17(7-5-16)18(23-10-2-3-11-23)14-22-19(24)20(15-21)8-12-25-13-9-20/h4-7,18H,2-3,8-15,21H2,1H3,(H,22,24). The molecular formula is C20H31N3O2. The van der Waals surface area contributed by atoms with Crippen molar-refractivity contribution in [1.82, 2.24) is 10.2 Å². The second-order valence-corrected chi connectivity index (χ2v) is 7.48. The SMILES string of the molecule is Cc1ccc(C(CNC(=O)C2(CN)CCOCC2)N2CCCC2)cc1. The van der Waals surface area contributed by atoms with Gasteiger partial charge in [0, 0.05) is 26.3 Å². The number of rotatable bonds is 6. The molecule has 138 valence electrons. The Morgan fingerprint density at radius 2 is 1.88 bits per heavy atom. The summed E-state index contributed by atoms with van der Waals surface area (Å²) in [5.74, 6) is 0.0922. The van der Waals surface area contributed by atoms with Gasteiger partial charge >= 0.3 is 0 Å². The molecule has 1 amide bonds. The summed E-state index contributed by atoms with van der Waals surface area (Å²) in [6.45, 7) is 6.59. The average Bonchev–Trinajstić information content (AvgIpc) is 3.18. The molecule has 2 aliphatic heterocycles. The van der Waals surface area contributed by atoms with Crippen LogP contribution in [0.2, 0.25) is 0 Å². The first kappa shape index (κ1) is 18.4. The molecule has 2 saturated heterocycles. The van der Waals surface area contributed by atoms with Gasteiger partial charge in [-0.15, -0.1) is 0 Å². The van der Waals surface area contributed by atoms with Crippen LogP contribution in [0, 0.1) is 12.3 Å². The number of hydrogen-bond donors (Lipinski definition) is 2. The molecule has 1 aromatic carbocycles. The first-order chi connectivity index (χ1) is 12.1. The molecule has 25 heavy (non-hydrogen) atoms. The van der Waals surface area contributed by atoms with Gasteiger partial charge in [0.15, 0.2) is 0 Å². The van der Waals surface area contributed by atoms with Gasteiger partial charge in [-0.2, -0.15) is 0 Å². The summed E-state index contributed by atoms with van der Waals surface area (Å²) < 4.78 is 5.42. The van der Waals surface area contributed by atoms with Gasteiger partial charge in [0.2, 0.25) is 5.91 Å². The summed E-state index contributed by atoms with van der Waals surface area (Å²) in [5.41, 5.74) is 8.05. The molecule has 0 radical (unpaired) electrons. The summed E-state index contributed by atoms with van der Waals surface area (Å²) >= 11 is 0. The minimum atomic E-state index is -0.457. The van der Waals surface area contributed by atoms with E-state index in [4.69, 9.17) is 10.5 Å². The number of nitrogens with zero attached hydrogens (tertiary/aromatic N) is 1. The first-order valence-electron chi connectivity index (χ1n) is 9.51. The van der Waals surface area contributed by atoms with Crippen LogP contribution in [-0.2, 0) is 9.53 Å². The summed E-state index contributed by atoms with van der Waals surface area (Å²) in [7, 11) is 0. The van der Waals surface area contributed by atoms with Crippen LogP contribution in [0.3, 0.4) is 0 Å². The monoisotopic (exact) mass is 345 g/mol. The van der Waals surface area contributed by atoms with Crippen LogP contribution in [0.5, 0.6) is 0 Å². The zero-order valence-electron chi connectivity index (χ0n) is 15.3. The zero-order valence-corrected chi connectivity index (χ0v) is 15.3. The molecule has 0 aromatic heterocycles. The van der Waals surface area contributed by atoms with Gasteiger partial charge in [0.05, 0.1) is 11.5 Å². The van der Waals surface area contributed by atoms with Crippen molar-refractivity contribution >= 4 is 5.91 Å². The molecular weight excluding hydrogens is 314 g/mol. The lowest BCUT2D eigenvalue weighted by molar-refractivity contribution is -0.136. The fourth-order valence-corrected chi connectivity index (χ4v) is 3.96. The Morgan fingerprint density at radius 3 is 2.48 bits per heavy atom. The maximum absolute atomic E-state index is 12.9. The highest BCUT2D eigenvalue weighted by molar-refractivity contribution is 5.83. The maximum Gasteiger partial charge on any atom is 0.227 e. The van der Waals surface area contributed by atoms with Gasteiger partial charge in [-0.05, 0) is 51.3 Å². The van der Waals surface area contributed by atoms with Crippen molar-refractivity contribution in [2.45, 2.75) is 38.6 Å². The molecule has 3 N–H and O–H groups in total. The highest BCUT2D eigenvalue weighted by atomic mass is 16.5. The fraction of sp³-hybridized carbons (Fsp3) is 0.650. The van der Waals surface area contributed by atoms with Crippen LogP contribution in [0.25, 0.3) is 0 Å². The Bertz CT molecular complexity index is 561. The summed E-state index contributed by atoms with van der Waals surface area (Å²) in [5, 5.41) is 3.22. The number of carbonyl (C=O) groups is 1. The van der Waals surface area contributed by atoms with Crippen LogP contribution >= 0.6 is 0 Å². The van der Waals surface area contributed by atoms with E-state index >= 15 is 0 Å². The number of aryl methyl sites for hydroxylation is 1. The van der Waals surface area contributed by atoms with Gasteiger partial charge in [-0.25, -0.2) is 0 Å². The minimum absolute atomic E-state index is 0.0922. The molecule has 2 fully saturated rings. The maximum atomic E-state index is 12.9. The Hall–Kier alpha value is -1.43. The fourth-order valence-electron chi connectivity index (χ4n) is 3.96. The normalized spacial score (nSPS) is 21.8. The predicted molar refractivity (Wildman–Crippen MR) is 99.3 cm³/mol. The minimum Gasteiger partial charge on any atom is -0.381 e. The largest absolute Gasteiger partial charge is 0.381 e. The quantitative estimate of drug-likeness (QED) is 0.828. The van der Waals surface area contributed by atoms with Crippen molar-refractivity contribution in [3.05, 3.63) is 35.4 Å². The number of ether oxygens (including phenoxy) is 1. The number of likely N-dealkylation sites (tertiary alicyclic amines) is 1. The number of amides is 1. The van der Waals surface area contributed by atoms with Crippen LogP contribution in [0.15, 0.2) is 24.3 Å². The van der Waals surface area contributed by atoms with Crippen molar-refractivity contribution in [2.24, 2.45) is 11.1 Å². The topological polar surface area (TPSA) is 67.6 Å². The Balaban J connectivity index is 1.69. The third-order valence-corrected chi connectivity index (χ3v) is 5.82. The lowest BCUT2D eigenvalue weighted by Crippen LogP contribution is -2.50. The van der Waals surface area contributed by atoms with Crippen LogP contribution in [0.1, 0.15) is 42.9 Å². The van der Waals surface area contributed by atoms with Crippen molar-refractivity contribution < 1.29 is 9.53 Å². The first-order valence-corrected chi connectivity index (χ1v) is 9.51. The third kappa shape index (κ3) is 4.22. The van der Waals surface area contributed by atoms with E-state index in [1.165, 1.54) is 24.0 Å². The Labute approximate surface area is 150 Å². The molecule has 0 aliphatic carbocycles. The molecule has 1 aromatic rings. The van der Waals surface area contributed by atoms with Crippen LogP contribution in [0.4, 0.5) is 0 Å². The molecule has 1 atom stereocenters. The van der Waals surface area contributed by atoms with E-state index in [9.17, 15) is 4.79 Å². The van der Waals surface area contributed by atoms with Crippen molar-refractivity contribution in [1.29, 1.82) is 0 Å². The number of nitrogens with one attached hydrogen (secondary N) is 1. The van der Waals surface area contributed by atoms with Gasteiger partial charge in [-0.3, -0.25) is 9.69 Å². The van der Waals surface area contributed by atoms with Gasteiger partial charge in [0.25, 0.3) is 0 Å². The smallest absolute Gasteiger partial charge is 0.227 e. The van der Waals surface area contributed by atoms with Gasteiger partial charge in [0.1, 0.15) is 0 Å². The number of benzene rings is 1. The van der Waals surface area contributed by atoms with Crippen molar-refractivity contribution in [3.63, 3.8) is 0 Å². The molecule has 5 nitrogen and oxygen atoms in total. The lowest BCUT2D eigenvalue weighted by atomic mass is 9.79. The van der Waals surface area contributed by atoms with E-state index in [1.807, 2.05) is 0 Å². The van der Waals surface area contributed by atoms with Gasteiger partial charge in [-0.1, -0.05) is 29.8 Å². The zero-order chi connectivity index (χ0) is 17.7. The highest BCUT2D eigenvalue weighted by Gasteiger charge is 2.39. The molecule has 0 saturated carbocycles. The molecule has 0 spiro atoms. The molecule has 3 rings (SSSR count). The number of nitrogens with two attached hydrogens (primary N) is 1. The number of carbonyl (C=O) groups excluding carboxylic acids is 1. The summed E-state index contributed by atoms with van der Waals surface area (Å²) in [6.07, 6.45) is 3.91. The van der Waals surface area contributed by atoms with Gasteiger partial charge < -0.3 is 15.8 Å². The van der Waals surface area contributed by atoms with E-state index < -0.39 is 5.41 Å². The third-order valence-electron chi connectivity index (χ3n) is 5.82. The Morgan fingerprint density at radius 1 is 1.24 bits per heavy atom. The van der Waals surface area contributed by atoms with E-state index in [2.05, 4.69) is 41.4 Å². The van der Waals surface area contributed by atoms with Crippen molar-refractivity contribution in [3.8, 4) is 0 Å². The van der Waals surface area contributed by atoms with E-state index in [0.29, 0.717) is 39.1 Å². The number of hydrogen-bond acceptors (Lipinski definition) is 4. The molecule has 1 unspecified atom stereocenters.